The topological polar surface area (TPSA) is 67.3 Å². The zero-order chi connectivity index (χ0) is 16.5. The van der Waals surface area contributed by atoms with Gasteiger partial charge in [0.1, 0.15) is 11.4 Å². The molecule has 24 heavy (non-hydrogen) atoms. The first-order valence-electron chi connectivity index (χ1n) is 7.38. The van der Waals surface area contributed by atoms with Gasteiger partial charge in [-0.05, 0) is 47.9 Å². The number of hydrogen-bond acceptors (Lipinski definition) is 6. The number of nitrogens with zero attached hydrogens (tertiary/aromatic N) is 3. The Bertz CT molecular complexity index is 865. The van der Waals surface area contributed by atoms with Gasteiger partial charge in [-0.3, -0.25) is 9.69 Å². The van der Waals surface area contributed by atoms with Crippen molar-refractivity contribution in [2.75, 3.05) is 17.3 Å². The largest absolute Gasteiger partial charge is 0.497 e. The lowest BCUT2D eigenvalue weighted by Gasteiger charge is -2.36. The van der Waals surface area contributed by atoms with Crippen molar-refractivity contribution < 1.29 is 9.53 Å². The number of anilines is 2. The second-order valence-corrected chi connectivity index (χ2v) is 5.91. The van der Waals surface area contributed by atoms with Crippen molar-refractivity contribution >= 4 is 28.8 Å². The zero-order valence-electron chi connectivity index (χ0n) is 12.8. The first-order valence-corrected chi connectivity index (χ1v) is 8.22. The fourth-order valence-corrected chi connectivity index (χ4v) is 3.23. The molecule has 0 aliphatic carbocycles. The fourth-order valence-electron chi connectivity index (χ4n) is 2.76. The van der Waals surface area contributed by atoms with Crippen LogP contribution in [0, 0.1) is 0 Å². The summed E-state index contributed by atoms with van der Waals surface area (Å²) in [6.07, 6.45) is -0.403. The smallest absolute Gasteiger partial charge is 0.262 e. The number of hydrogen-bond donors (Lipinski definition) is 1. The molecule has 0 saturated carbocycles. The average molecular weight is 338 g/mol. The number of ether oxygens (including phenoxy) is 1. The SMILES string of the molecule is COc1ccc(N2C(=O)c3ccccc3NC2c2csnn2)cc1. The molecule has 2 aromatic carbocycles. The molecule has 0 bridgehead atoms. The number of aromatic nitrogens is 2. The molecule has 0 saturated heterocycles. The molecule has 1 aromatic heterocycles. The summed E-state index contributed by atoms with van der Waals surface area (Å²) in [6.45, 7) is 0. The lowest BCUT2D eigenvalue weighted by molar-refractivity contribution is 0.0974. The second-order valence-electron chi connectivity index (χ2n) is 5.30. The predicted octanol–water partition coefficient (Wildman–Crippen LogP) is 3.32. The van der Waals surface area contributed by atoms with Gasteiger partial charge >= 0.3 is 0 Å². The summed E-state index contributed by atoms with van der Waals surface area (Å²) < 4.78 is 9.13. The van der Waals surface area contributed by atoms with E-state index in [4.69, 9.17) is 4.74 Å². The highest BCUT2D eigenvalue weighted by atomic mass is 32.1. The van der Waals surface area contributed by atoms with E-state index < -0.39 is 6.17 Å². The lowest BCUT2D eigenvalue weighted by atomic mass is 10.1. The summed E-state index contributed by atoms with van der Waals surface area (Å²) in [4.78, 5) is 14.8. The van der Waals surface area contributed by atoms with Gasteiger partial charge in [-0.2, -0.15) is 0 Å². The number of carbonyl (C=O) groups excluding carboxylic acids is 1. The monoisotopic (exact) mass is 338 g/mol. The molecule has 120 valence electrons. The standard InChI is InChI=1S/C17H14N4O2S/c1-23-12-8-6-11(7-9-12)21-16(15-10-24-20-19-15)18-14-5-3-2-4-13(14)17(21)22/h2-10,16,18H,1H3. The molecule has 1 amide bonds. The van der Waals surface area contributed by atoms with Gasteiger partial charge in [0.25, 0.3) is 5.91 Å². The normalized spacial score (nSPS) is 16.5. The van der Waals surface area contributed by atoms with E-state index in [0.717, 1.165) is 17.1 Å². The number of benzene rings is 2. The molecule has 0 fully saturated rings. The van der Waals surface area contributed by atoms with Crippen molar-refractivity contribution in [1.82, 2.24) is 9.59 Å². The van der Waals surface area contributed by atoms with Gasteiger partial charge in [0, 0.05) is 16.8 Å². The summed E-state index contributed by atoms with van der Waals surface area (Å²) >= 11 is 1.26. The van der Waals surface area contributed by atoms with E-state index in [1.54, 1.807) is 12.0 Å². The van der Waals surface area contributed by atoms with Gasteiger partial charge in [0.2, 0.25) is 0 Å². The van der Waals surface area contributed by atoms with Gasteiger partial charge < -0.3 is 10.1 Å². The van der Waals surface area contributed by atoms with E-state index in [9.17, 15) is 4.79 Å². The minimum atomic E-state index is -0.403. The Balaban J connectivity index is 1.82. The maximum absolute atomic E-state index is 13.1. The number of carbonyl (C=O) groups is 1. The van der Waals surface area contributed by atoms with Crippen molar-refractivity contribution in [2.24, 2.45) is 0 Å². The van der Waals surface area contributed by atoms with E-state index in [-0.39, 0.29) is 5.91 Å². The van der Waals surface area contributed by atoms with Crippen molar-refractivity contribution in [1.29, 1.82) is 0 Å². The van der Waals surface area contributed by atoms with E-state index in [1.807, 2.05) is 53.9 Å². The summed E-state index contributed by atoms with van der Waals surface area (Å²) in [5.74, 6) is 0.663. The van der Waals surface area contributed by atoms with Crippen LogP contribution in [-0.2, 0) is 0 Å². The van der Waals surface area contributed by atoms with E-state index >= 15 is 0 Å². The van der Waals surface area contributed by atoms with Gasteiger partial charge in [0.15, 0.2) is 6.17 Å². The van der Waals surface area contributed by atoms with Gasteiger partial charge in [0.05, 0.1) is 12.7 Å². The number of para-hydroxylation sites is 1. The molecule has 4 rings (SSSR count). The highest BCUT2D eigenvalue weighted by Crippen LogP contribution is 2.36. The Morgan fingerprint density at radius 1 is 1.17 bits per heavy atom. The van der Waals surface area contributed by atoms with Crippen LogP contribution in [0.4, 0.5) is 11.4 Å². The predicted molar refractivity (Wildman–Crippen MR) is 92.5 cm³/mol. The molecule has 1 atom stereocenters. The van der Waals surface area contributed by atoms with Crippen LogP contribution in [0.15, 0.2) is 53.9 Å². The van der Waals surface area contributed by atoms with Crippen molar-refractivity contribution in [2.45, 2.75) is 6.17 Å². The van der Waals surface area contributed by atoms with Crippen molar-refractivity contribution in [3.63, 3.8) is 0 Å². The number of fused-ring (bicyclic) bond motifs is 1. The number of amides is 1. The highest BCUT2D eigenvalue weighted by molar-refractivity contribution is 7.03. The number of rotatable bonds is 3. The molecule has 1 aliphatic heterocycles. The van der Waals surface area contributed by atoms with Crippen LogP contribution in [-0.4, -0.2) is 22.6 Å². The highest BCUT2D eigenvalue weighted by Gasteiger charge is 2.35. The van der Waals surface area contributed by atoms with Gasteiger partial charge in [-0.1, -0.05) is 16.6 Å². The van der Waals surface area contributed by atoms with Crippen LogP contribution >= 0.6 is 11.5 Å². The molecule has 1 N–H and O–H groups in total. The fraction of sp³-hybridized carbons (Fsp3) is 0.118. The van der Waals surface area contributed by atoms with Crippen LogP contribution in [0.5, 0.6) is 5.75 Å². The minimum Gasteiger partial charge on any atom is -0.497 e. The minimum absolute atomic E-state index is 0.0764. The van der Waals surface area contributed by atoms with Crippen LogP contribution in [0.2, 0.25) is 0 Å². The Hall–Kier alpha value is -2.93. The second kappa shape index (κ2) is 5.93. The molecule has 0 spiro atoms. The first-order chi connectivity index (χ1) is 11.8. The van der Waals surface area contributed by atoms with Crippen LogP contribution < -0.4 is 15.0 Å². The summed E-state index contributed by atoms with van der Waals surface area (Å²) in [6, 6.07) is 14.9. The Kier molecular flexibility index (Phi) is 3.62. The van der Waals surface area contributed by atoms with E-state index in [2.05, 4.69) is 14.9 Å². The summed E-state index contributed by atoms with van der Waals surface area (Å²) in [5.41, 5.74) is 2.90. The third-order valence-corrected chi connectivity index (χ3v) is 4.46. The Labute approximate surface area is 142 Å². The number of methoxy groups -OCH3 is 1. The molecular weight excluding hydrogens is 324 g/mol. The molecule has 7 heteroatoms. The lowest BCUT2D eigenvalue weighted by Crippen LogP contribution is -2.43. The summed E-state index contributed by atoms with van der Waals surface area (Å²) in [5, 5.41) is 9.37. The van der Waals surface area contributed by atoms with Crippen LogP contribution in [0.25, 0.3) is 0 Å². The van der Waals surface area contributed by atoms with Crippen LogP contribution in [0.3, 0.4) is 0 Å². The van der Waals surface area contributed by atoms with E-state index in [0.29, 0.717) is 11.3 Å². The zero-order valence-corrected chi connectivity index (χ0v) is 13.7. The quantitative estimate of drug-likeness (QED) is 0.793. The maximum atomic E-state index is 13.1. The molecule has 1 aliphatic rings. The summed E-state index contributed by atoms with van der Waals surface area (Å²) in [7, 11) is 1.61. The molecule has 0 radical (unpaired) electrons. The molecule has 3 aromatic rings. The van der Waals surface area contributed by atoms with Crippen molar-refractivity contribution in [3.05, 3.63) is 65.2 Å². The van der Waals surface area contributed by atoms with E-state index in [1.165, 1.54) is 11.5 Å². The first kappa shape index (κ1) is 14.6. The molecular formula is C17H14N4O2S. The Morgan fingerprint density at radius 3 is 2.67 bits per heavy atom. The molecule has 2 heterocycles. The molecule has 6 nitrogen and oxygen atoms in total. The third-order valence-electron chi connectivity index (χ3n) is 3.93. The average Bonchev–Trinajstić information content (AvgIpc) is 3.16. The van der Waals surface area contributed by atoms with Gasteiger partial charge in [-0.15, -0.1) is 5.10 Å². The maximum Gasteiger partial charge on any atom is 0.262 e. The Morgan fingerprint density at radius 2 is 1.96 bits per heavy atom. The van der Waals surface area contributed by atoms with Crippen molar-refractivity contribution in [3.8, 4) is 5.75 Å². The van der Waals surface area contributed by atoms with Gasteiger partial charge in [-0.25, -0.2) is 0 Å². The number of nitrogens with one attached hydrogen (secondary N) is 1. The third kappa shape index (κ3) is 2.39. The molecule has 1 unspecified atom stereocenters. The van der Waals surface area contributed by atoms with Crippen LogP contribution in [0.1, 0.15) is 22.2 Å².